The third-order valence-electron chi connectivity index (χ3n) is 5.37. The Morgan fingerprint density at radius 1 is 0.857 bits per heavy atom. The molecule has 3 atom stereocenters. The summed E-state index contributed by atoms with van der Waals surface area (Å²) in [5.74, 6) is 1.44. The van der Waals surface area contributed by atoms with Crippen molar-refractivity contribution in [1.29, 1.82) is 0 Å². The van der Waals surface area contributed by atoms with Crippen LogP contribution in [0.2, 0.25) is 0 Å². The first-order chi connectivity index (χ1) is 10.2. The molecule has 0 heterocycles. The van der Waals surface area contributed by atoms with Gasteiger partial charge in [0.25, 0.3) is 0 Å². The highest BCUT2D eigenvalue weighted by Gasteiger charge is 2.24. The summed E-state index contributed by atoms with van der Waals surface area (Å²) in [6, 6.07) is 0. The number of rotatable bonds is 12. The second kappa shape index (κ2) is 12.5. The molecule has 1 rings (SSSR count). The van der Waals surface area contributed by atoms with Crippen LogP contribution in [0.5, 0.6) is 0 Å². The normalized spacial score (nSPS) is 24.1. The number of aliphatic hydroxyl groups excluding tert-OH is 1. The van der Waals surface area contributed by atoms with E-state index in [-0.39, 0.29) is 6.10 Å². The van der Waals surface area contributed by atoms with Gasteiger partial charge >= 0.3 is 0 Å². The molecule has 1 aliphatic rings. The SMILES string of the molecule is CCCCCCCCCCCCC(O)C1CCCC(C)C1. The van der Waals surface area contributed by atoms with Gasteiger partial charge in [-0.3, -0.25) is 0 Å². The second-order valence-electron chi connectivity index (χ2n) is 7.57. The van der Waals surface area contributed by atoms with Gasteiger partial charge in [-0.1, -0.05) is 90.9 Å². The Morgan fingerprint density at radius 2 is 1.43 bits per heavy atom. The standard InChI is InChI=1S/C20H40O/c1-3-4-5-6-7-8-9-10-11-12-16-20(21)19-15-13-14-18(2)17-19/h18-21H,3-17H2,1-2H3. The summed E-state index contributed by atoms with van der Waals surface area (Å²) in [5.41, 5.74) is 0. The van der Waals surface area contributed by atoms with Crippen molar-refractivity contribution in [2.24, 2.45) is 11.8 Å². The van der Waals surface area contributed by atoms with Crippen LogP contribution in [0.3, 0.4) is 0 Å². The van der Waals surface area contributed by atoms with Crippen LogP contribution in [0.15, 0.2) is 0 Å². The van der Waals surface area contributed by atoms with E-state index in [2.05, 4.69) is 13.8 Å². The molecule has 126 valence electrons. The van der Waals surface area contributed by atoms with Gasteiger partial charge in [0, 0.05) is 0 Å². The molecular formula is C20H40O. The molecule has 1 saturated carbocycles. The van der Waals surface area contributed by atoms with Crippen molar-refractivity contribution < 1.29 is 5.11 Å². The van der Waals surface area contributed by atoms with E-state index >= 15 is 0 Å². The number of hydrogen-bond acceptors (Lipinski definition) is 1. The molecule has 0 aliphatic heterocycles. The molecule has 1 nitrogen and oxygen atoms in total. The molecule has 0 bridgehead atoms. The maximum Gasteiger partial charge on any atom is 0.0568 e. The highest BCUT2D eigenvalue weighted by molar-refractivity contribution is 4.76. The summed E-state index contributed by atoms with van der Waals surface area (Å²) in [5, 5.41) is 10.3. The van der Waals surface area contributed by atoms with E-state index in [0.29, 0.717) is 5.92 Å². The lowest BCUT2D eigenvalue weighted by atomic mass is 9.78. The minimum atomic E-state index is -0.0122. The van der Waals surface area contributed by atoms with E-state index in [9.17, 15) is 5.11 Å². The van der Waals surface area contributed by atoms with E-state index in [1.54, 1.807) is 0 Å². The van der Waals surface area contributed by atoms with Crippen LogP contribution in [-0.2, 0) is 0 Å². The fourth-order valence-corrected chi connectivity index (χ4v) is 3.91. The van der Waals surface area contributed by atoms with Crippen LogP contribution < -0.4 is 0 Å². The van der Waals surface area contributed by atoms with Crippen LogP contribution in [0.1, 0.15) is 110 Å². The lowest BCUT2D eigenvalue weighted by molar-refractivity contribution is 0.0627. The number of aliphatic hydroxyl groups is 1. The maximum atomic E-state index is 10.3. The van der Waals surface area contributed by atoms with Crippen LogP contribution in [0.4, 0.5) is 0 Å². The summed E-state index contributed by atoms with van der Waals surface area (Å²) in [7, 11) is 0. The fraction of sp³-hybridized carbons (Fsp3) is 1.00. The van der Waals surface area contributed by atoms with Crippen molar-refractivity contribution in [2.45, 2.75) is 116 Å². The van der Waals surface area contributed by atoms with Gasteiger partial charge in [-0.2, -0.15) is 0 Å². The zero-order chi connectivity index (χ0) is 15.3. The fourth-order valence-electron chi connectivity index (χ4n) is 3.91. The Bertz CT molecular complexity index is 226. The average Bonchev–Trinajstić information content (AvgIpc) is 2.49. The molecule has 0 radical (unpaired) electrons. The molecule has 1 heteroatoms. The molecule has 3 unspecified atom stereocenters. The van der Waals surface area contributed by atoms with E-state index < -0.39 is 0 Å². The number of hydrogen-bond donors (Lipinski definition) is 1. The molecule has 0 aromatic heterocycles. The van der Waals surface area contributed by atoms with Crippen molar-refractivity contribution in [1.82, 2.24) is 0 Å². The largest absolute Gasteiger partial charge is 0.393 e. The van der Waals surface area contributed by atoms with Crippen LogP contribution in [0.25, 0.3) is 0 Å². The van der Waals surface area contributed by atoms with E-state index in [1.807, 2.05) is 0 Å². The average molecular weight is 297 g/mol. The van der Waals surface area contributed by atoms with Crippen LogP contribution >= 0.6 is 0 Å². The van der Waals surface area contributed by atoms with Gasteiger partial charge in [0.05, 0.1) is 6.10 Å². The van der Waals surface area contributed by atoms with Crippen LogP contribution in [0, 0.1) is 11.8 Å². The molecule has 21 heavy (non-hydrogen) atoms. The first-order valence-corrected chi connectivity index (χ1v) is 9.92. The van der Waals surface area contributed by atoms with E-state index in [1.165, 1.54) is 89.9 Å². The van der Waals surface area contributed by atoms with Gasteiger partial charge in [0.15, 0.2) is 0 Å². The lowest BCUT2D eigenvalue weighted by Crippen LogP contribution is -2.25. The Balaban J connectivity index is 1.87. The molecule has 0 amide bonds. The maximum absolute atomic E-state index is 10.3. The Kier molecular flexibility index (Phi) is 11.3. The first-order valence-electron chi connectivity index (χ1n) is 9.92. The molecule has 1 aliphatic carbocycles. The van der Waals surface area contributed by atoms with Crippen molar-refractivity contribution >= 4 is 0 Å². The van der Waals surface area contributed by atoms with Crippen molar-refractivity contribution in [3.63, 3.8) is 0 Å². The summed E-state index contributed by atoms with van der Waals surface area (Å²) in [6.07, 6.45) is 20.1. The van der Waals surface area contributed by atoms with Gasteiger partial charge in [0.2, 0.25) is 0 Å². The summed E-state index contributed by atoms with van der Waals surface area (Å²) in [4.78, 5) is 0. The van der Waals surface area contributed by atoms with Gasteiger partial charge in [-0.05, 0) is 31.1 Å². The van der Waals surface area contributed by atoms with Crippen molar-refractivity contribution in [3.8, 4) is 0 Å². The summed E-state index contributed by atoms with van der Waals surface area (Å²) in [6.45, 7) is 4.63. The quantitative estimate of drug-likeness (QED) is 0.408. The van der Waals surface area contributed by atoms with E-state index in [0.717, 1.165) is 12.3 Å². The predicted molar refractivity (Wildman–Crippen MR) is 93.6 cm³/mol. The Hall–Kier alpha value is -0.0400. The monoisotopic (exact) mass is 296 g/mol. The van der Waals surface area contributed by atoms with Crippen LogP contribution in [-0.4, -0.2) is 11.2 Å². The highest BCUT2D eigenvalue weighted by Crippen LogP contribution is 2.32. The van der Waals surface area contributed by atoms with Gasteiger partial charge in [0.1, 0.15) is 0 Å². The lowest BCUT2D eigenvalue weighted by Gasteiger charge is -2.30. The Labute approximate surface area is 133 Å². The van der Waals surface area contributed by atoms with E-state index in [4.69, 9.17) is 0 Å². The zero-order valence-electron chi connectivity index (χ0n) is 14.8. The van der Waals surface area contributed by atoms with Crippen molar-refractivity contribution in [2.75, 3.05) is 0 Å². The molecule has 0 saturated heterocycles. The molecule has 1 fully saturated rings. The predicted octanol–water partition coefficient (Wildman–Crippen LogP) is 6.48. The second-order valence-corrected chi connectivity index (χ2v) is 7.57. The van der Waals surface area contributed by atoms with Crippen molar-refractivity contribution in [3.05, 3.63) is 0 Å². The molecular weight excluding hydrogens is 256 g/mol. The summed E-state index contributed by atoms with van der Waals surface area (Å²) >= 11 is 0. The summed E-state index contributed by atoms with van der Waals surface area (Å²) < 4.78 is 0. The third kappa shape index (κ3) is 9.55. The topological polar surface area (TPSA) is 20.2 Å². The molecule has 0 aromatic carbocycles. The zero-order valence-corrected chi connectivity index (χ0v) is 14.8. The minimum absolute atomic E-state index is 0.0122. The highest BCUT2D eigenvalue weighted by atomic mass is 16.3. The van der Waals surface area contributed by atoms with Gasteiger partial charge < -0.3 is 5.11 Å². The molecule has 0 spiro atoms. The molecule has 1 N–H and O–H groups in total. The number of unbranched alkanes of at least 4 members (excludes halogenated alkanes) is 9. The smallest absolute Gasteiger partial charge is 0.0568 e. The minimum Gasteiger partial charge on any atom is -0.393 e. The Morgan fingerprint density at radius 3 is 2.00 bits per heavy atom. The third-order valence-corrected chi connectivity index (χ3v) is 5.37. The first kappa shape index (κ1) is 19.0. The van der Waals surface area contributed by atoms with Gasteiger partial charge in [-0.15, -0.1) is 0 Å². The molecule has 0 aromatic rings. The van der Waals surface area contributed by atoms with Gasteiger partial charge in [-0.25, -0.2) is 0 Å².